The molecule has 0 aromatic heterocycles. The normalized spacial score (nSPS) is 38.2. The van der Waals surface area contributed by atoms with Gasteiger partial charge in [0.05, 0.1) is 24.4 Å². The number of ether oxygens (including phenoxy) is 1. The number of rotatable bonds is 3. The molecule has 0 fully saturated rings. The first kappa shape index (κ1) is 32.0. The van der Waals surface area contributed by atoms with E-state index in [1.165, 1.54) is 6.08 Å². The van der Waals surface area contributed by atoms with Crippen molar-refractivity contribution in [1.29, 1.82) is 0 Å². The number of carbonyl (C=O) groups is 1. The lowest BCUT2D eigenvalue weighted by Gasteiger charge is -2.31. The molecule has 0 aromatic rings. The Kier molecular flexibility index (Phi) is 15.5. The average Bonchev–Trinajstić information content (AvgIpc) is 2.84. The molecule has 0 radical (unpaired) electrons. The highest BCUT2D eigenvalue weighted by Crippen LogP contribution is 2.26. The lowest BCUT2D eigenvalue weighted by molar-refractivity contribution is -0.150. The van der Waals surface area contributed by atoms with Crippen molar-refractivity contribution in [2.45, 2.75) is 96.7 Å². The highest BCUT2D eigenvalue weighted by atomic mass is 16.5. The van der Waals surface area contributed by atoms with Gasteiger partial charge in [-0.15, -0.1) is 0 Å². The van der Waals surface area contributed by atoms with E-state index in [2.05, 4.69) is 6.58 Å². The Morgan fingerprint density at radius 1 is 1.06 bits per heavy atom. The minimum atomic E-state index is -0.806. The lowest BCUT2D eigenvalue weighted by atomic mass is 9.85. The maximum atomic E-state index is 12.5. The standard InChI is InChI=1S/C30H48O6/c1-6-7-13-23(4)30-24(5)27(33)16-12-11-14-21(2)29(35)22(3)18-19-26(32)20-25(31)15-9-8-10-17-28(34)36-30/h6-10,13,17-19,21-27,29-33,35H,1,11-12,14-16,20H2,2-5H3/b9-8+,13-7-,17-10-,19-18-/t21-,22-,23-,24-,25+,26+,27+,29+,30?/m0/s1. The topological polar surface area (TPSA) is 107 Å². The van der Waals surface area contributed by atoms with E-state index in [-0.39, 0.29) is 30.1 Å². The summed E-state index contributed by atoms with van der Waals surface area (Å²) in [6, 6.07) is 0. The Labute approximate surface area is 217 Å². The molecule has 1 aliphatic rings. The van der Waals surface area contributed by atoms with Gasteiger partial charge >= 0.3 is 5.97 Å². The summed E-state index contributed by atoms with van der Waals surface area (Å²) in [4.78, 5) is 12.5. The molecule has 0 saturated carbocycles. The SMILES string of the molecule is C=C/C=C\[C@H](C)C1OC(=O)/C=C\C=C\C[C@@H](O)C[C@H](O)/C=C\[C@H](C)[C@H](O)[C@@H](C)CCCC[C@@H](O)[C@@H]1C. The van der Waals surface area contributed by atoms with E-state index in [9.17, 15) is 25.2 Å². The fraction of sp³-hybridized carbons (Fsp3) is 0.633. The summed E-state index contributed by atoms with van der Waals surface area (Å²) < 4.78 is 5.75. The van der Waals surface area contributed by atoms with Gasteiger partial charge in [-0.3, -0.25) is 0 Å². The molecule has 1 heterocycles. The largest absolute Gasteiger partial charge is 0.458 e. The van der Waals surface area contributed by atoms with Crippen molar-refractivity contribution < 1.29 is 30.0 Å². The Hall–Kier alpha value is -1.99. The Bertz CT molecular complexity index is 755. The molecule has 6 nitrogen and oxygen atoms in total. The van der Waals surface area contributed by atoms with Gasteiger partial charge < -0.3 is 25.2 Å². The fourth-order valence-electron chi connectivity index (χ4n) is 4.54. The summed E-state index contributed by atoms with van der Waals surface area (Å²) in [5.74, 6) is -0.939. The molecule has 36 heavy (non-hydrogen) atoms. The Morgan fingerprint density at radius 3 is 2.44 bits per heavy atom. The summed E-state index contributed by atoms with van der Waals surface area (Å²) in [6.07, 6.45) is 15.4. The molecule has 0 aliphatic carbocycles. The molecule has 4 N–H and O–H groups in total. The zero-order valence-electron chi connectivity index (χ0n) is 22.4. The number of carbonyl (C=O) groups excluding carboxylic acids is 1. The van der Waals surface area contributed by atoms with Crippen molar-refractivity contribution in [3.63, 3.8) is 0 Å². The molecule has 0 aromatic carbocycles. The molecule has 0 spiro atoms. The summed E-state index contributed by atoms with van der Waals surface area (Å²) >= 11 is 0. The van der Waals surface area contributed by atoms with Crippen LogP contribution in [-0.2, 0) is 9.53 Å². The van der Waals surface area contributed by atoms with Crippen LogP contribution in [0.2, 0.25) is 0 Å². The van der Waals surface area contributed by atoms with Crippen LogP contribution in [0.1, 0.15) is 66.2 Å². The van der Waals surface area contributed by atoms with Crippen LogP contribution in [0.15, 0.2) is 61.3 Å². The Balaban J connectivity index is 3.03. The van der Waals surface area contributed by atoms with Crippen molar-refractivity contribution in [2.24, 2.45) is 23.7 Å². The summed E-state index contributed by atoms with van der Waals surface area (Å²) in [5, 5.41) is 41.9. The van der Waals surface area contributed by atoms with E-state index in [0.717, 1.165) is 19.3 Å². The van der Waals surface area contributed by atoms with Crippen molar-refractivity contribution in [1.82, 2.24) is 0 Å². The maximum Gasteiger partial charge on any atom is 0.331 e. The predicted molar refractivity (Wildman–Crippen MR) is 145 cm³/mol. The van der Waals surface area contributed by atoms with E-state index in [0.29, 0.717) is 12.8 Å². The third-order valence-electron chi connectivity index (χ3n) is 7.02. The van der Waals surface area contributed by atoms with E-state index in [1.54, 1.807) is 30.4 Å². The highest BCUT2D eigenvalue weighted by Gasteiger charge is 2.30. The molecule has 0 saturated heterocycles. The van der Waals surface area contributed by atoms with E-state index < -0.39 is 36.5 Å². The molecule has 0 bridgehead atoms. The first-order chi connectivity index (χ1) is 17.1. The molecule has 0 amide bonds. The second-order valence-electron chi connectivity index (χ2n) is 10.3. The monoisotopic (exact) mass is 504 g/mol. The van der Waals surface area contributed by atoms with Crippen LogP contribution in [0, 0.1) is 23.7 Å². The zero-order chi connectivity index (χ0) is 27.1. The van der Waals surface area contributed by atoms with Crippen molar-refractivity contribution in [3.8, 4) is 0 Å². The fourth-order valence-corrected chi connectivity index (χ4v) is 4.54. The van der Waals surface area contributed by atoms with Gasteiger partial charge in [-0.25, -0.2) is 4.79 Å². The van der Waals surface area contributed by atoms with Gasteiger partial charge in [0.1, 0.15) is 6.10 Å². The second kappa shape index (κ2) is 17.5. The first-order valence-corrected chi connectivity index (χ1v) is 13.3. The average molecular weight is 505 g/mol. The van der Waals surface area contributed by atoms with E-state index >= 15 is 0 Å². The van der Waals surface area contributed by atoms with Crippen LogP contribution in [-0.4, -0.2) is 56.9 Å². The van der Waals surface area contributed by atoms with Crippen molar-refractivity contribution in [3.05, 3.63) is 61.3 Å². The minimum absolute atomic E-state index is 0.0644. The number of aliphatic hydroxyl groups is 4. The number of aliphatic hydroxyl groups excluding tert-OH is 4. The Morgan fingerprint density at radius 2 is 1.75 bits per heavy atom. The van der Waals surface area contributed by atoms with E-state index in [4.69, 9.17) is 4.74 Å². The number of allylic oxidation sites excluding steroid dienone is 4. The summed E-state index contributed by atoms with van der Waals surface area (Å²) in [5.41, 5.74) is 0. The molecule has 1 aliphatic heterocycles. The zero-order valence-corrected chi connectivity index (χ0v) is 22.4. The molecule has 1 rings (SSSR count). The van der Waals surface area contributed by atoms with Gasteiger partial charge in [-0.1, -0.05) is 95.7 Å². The number of cyclic esters (lactones) is 1. The number of hydrogen-bond acceptors (Lipinski definition) is 6. The van der Waals surface area contributed by atoms with Crippen LogP contribution in [0.25, 0.3) is 0 Å². The molecular weight excluding hydrogens is 456 g/mol. The van der Waals surface area contributed by atoms with Crippen LogP contribution >= 0.6 is 0 Å². The predicted octanol–water partition coefficient (Wildman–Crippen LogP) is 4.65. The molecule has 9 atom stereocenters. The van der Waals surface area contributed by atoms with Gasteiger partial charge in [-0.05, 0) is 25.2 Å². The van der Waals surface area contributed by atoms with Gasteiger partial charge in [0, 0.05) is 30.3 Å². The first-order valence-electron chi connectivity index (χ1n) is 13.3. The molecule has 6 heteroatoms. The smallest absolute Gasteiger partial charge is 0.331 e. The quantitative estimate of drug-likeness (QED) is 0.253. The van der Waals surface area contributed by atoms with Crippen LogP contribution < -0.4 is 0 Å². The van der Waals surface area contributed by atoms with Crippen LogP contribution in [0.3, 0.4) is 0 Å². The van der Waals surface area contributed by atoms with Gasteiger partial charge in [0.2, 0.25) is 0 Å². The lowest BCUT2D eigenvalue weighted by Crippen LogP contribution is -2.37. The van der Waals surface area contributed by atoms with Crippen molar-refractivity contribution in [2.75, 3.05) is 0 Å². The molecular formula is C30H48O6. The number of esters is 1. The van der Waals surface area contributed by atoms with Crippen LogP contribution in [0.4, 0.5) is 0 Å². The minimum Gasteiger partial charge on any atom is -0.458 e. The third-order valence-corrected chi connectivity index (χ3v) is 7.02. The van der Waals surface area contributed by atoms with Gasteiger partial charge in [0.15, 0.2) is 0 Å². The van der Waals surface area contributed by atoms with Crippen LogP contribution in [0.5, 0.6) is 0 Å². The number of hydrogen-bond donors (Lipinski definition) is 4. The van der Waals surface area contributed by atoms with Gasteiger partial charge in [0.25, 0.3) is 0 Å². The van der Waals surface area contributed by atoms with E-state index in [1.807, 2.05) is 45.9 Å². The summed E-state index contributed by atoms with van der Waals surface area (Å²) in [6.45, 7) is 11.5. The second-order valence-corrected chi connectivity index (χ2v) is 10.3. The van der Waals surface area contributed by atoms with Gasteiger partial charge in [-0.2, -0.15) is 0 Å². The third kappa shape index (κ3) is 12.3. The maximum absolute atomic E-state index is 12.5. The molecule has 1 unspecified atom stereocenters. The molecule has 204 valence electrons. The van der Waals surface area contributed by atoms with Crippen molar-refractivity contribution >= 4 is 5.97 Å². The summed E-state index contributed by atoms with van der Waals surface area (Å²) in [7, 11) is 0. The highest BCUT2D eigenvalue weighted by molar-refractivity contribution is 5.82.